The normalized spacial score (nSPS) is 11.4. The van der Waals surface area contributed by atoms with Crippen LogP contribution in [0.5, 0.6) is 0 Å². The number of H-pyrrole nitrogens is 2. The van der Waals surface area contributed by atoms with Gasteiger partial charge in [0, 0.05) is 0 Å². The highest BCUT2D eigenvalue weighted by molar-refractivity contribution is 7.98. The summed E-state index contributed by atoms with van der Waals surface area (Å²) in [5.41, 5.74) is 3.41. The van der Waals surface area contributed by atoms with Gasteiger partial charge in [0.05, 0.1) is 28.8 Å². The highest BCUT2D eigenvalue weighted by Gasteiger charge is 2.20. The van der Waals surface area contributed by atoms with Crippen LogP contribution >= 0.6 is 23.1 Å². The van der Waals surface area contributed by atoms with Gasteiger partial charge in [-0.05, 0) is 44.0 Å². The first-order valence-electron chi connectivity index (χ1n) is 8.75. The first-order valence-corrected chi connectivity index (χ1v) is 10.5. The second-order valence-corrected chi connectivity index (χ2v) is 8.28. The fraction of sp³-hybridized carbons (Fsp3) is 0.263. The van der Waals surface area contributed by atoms with E-state index in [1.54, 1.807) is 13.8 Å². The number of benzene rings is 1. The predicted octanol–water partition coefficient (Wildman–Crippen LogP) is 3.95. The predicted molar refractivity (Wildman–Crippen MR) is 111 cm³/mol. The molecule has 0 bridgehead atoms. The van der Waals surface area contributed by atoms with Gasteiger partial charge in [0.15, 0.2) is 5.16 Å². The summed E-state index contributed by atoms with van der Waals surface area (Å²) >= 11 is 2.65. The molecule has 0 saturated heterocycles. The van der Waals surface area contributed by atoms with Crippen LogP contribution in [0, 0.1) is 13.8 Å². The molecule has 4 aromatic rings. The van der Waals surface area contributed by atoms with Crippen LogP contribution < -0.4 is 5.56 Å². The van der Waals surface area contributed by atoms with Gasteiger partial charge < -0.3 is 14.7 Å². The number of hydrogen-bond donors (Lipinski definition) is 2. The molecule has 0 spiro atoms. The fourth-order valence-corrected chi connectivity index (χ4v) is 4.80. The van der Waals surface area contributed by atoms with Crippen molar-refractivity contribution in [3.05, 3.63) is 50.4 Å². The SMILES string of the molecule is CCOC(=O)c1sc2nc(CSc3nc4ccc(C)cc4[nH]3)[nH]c(=O)c2c1C. The molecule has 0 unspecified atom stereocenters. The topological polar surface area (TPSA) is 101 Å². The van der Waals surface area contributed by atoms with Gasteiger partial charge in [-0.25, -0.2) is 14.8 Å². The molecule has 4 rings (SSSR count). The van der Waals surface area contributed by atoms with Gasteiger partial charge in [-0.2, -0.15) is 0 Å². The first kappa shape index (κ1) is 18.7. The Labute approximate surface area is 168 Å². The number of nitrogens with zero attached hydrogens (tertiary/aromatic N) is 2. The summed E-state index contributed by atoms with van der Waals surface area (Å²) in [7, 11) is 0. The van der Waals surface area contributed by atoms with E-state index in [2.05, 4.69) is 19.9 Å². The number of aromatic nitrogens is 4. The van der Waals surface area contributed by atoms with Crippen molar-refractivity contribution >= 4 is 50.3 Å². The largest absolute Gasteiger partial charge is 0.462 e. The summed E-state index contributed by atoms with van der Waals surface area (Å²) < 4.78 is 5.07. The Hall–Kier alpha value is -2.65. The molecule has 0 amide bonds. The van der Waals surface area contributed by atoms with Crippen LogP contribution in [-0.4, -0.2) is 32.5 Å². The zero-order chi connectivity index (χ0) is 19.8. The van der Waals surface area contributed by atoms with E-state index >= 15 is 0 Å². The van der Waals surface area contributed by atoms with Crippen molar-refractivity contribution < 1.29 is 9.53 Å². The van der Waals surface area contributed by atoms with Gasteiger partial charge in [-0.15, -0.1) is 11.3 Å². The van der Waals surface area contributed by atoms with E-state index in [1.807, 2.05) is 25.1 Å². The third-order valence-electron chi connectivity index (χ3n) is 4.27. The molecule has 1 aromatic carbocycles. The summed E-state index contributed by atoms with van der Waals surface area (Å²) in [6.45, 7) is 5.81. The van der Waals surface area contributed by atoms with Gasteiger partial charge >= 0.3 is 5.97 Å². The van der Waals surface area contributed by atoms with E-state index in [4.69, 9.17) is 4.74 Å². The molecule has 2 N–H and O–H groups in total. The zero-order valence-electron chi connectivity index (χ0n) is 15.6. The Kier molecular flexibility index (Phi) is 4.94. The van der Waals surface area contributed by atoms with Crippen LogP contribution in [0.25, 0.3) is 21.3 Å². The van der Waals surface area contributed by atoms with Gasteiger partial charge in [0.2, 0.25) is 0 Å². The summed E-state index contributed by atoms with van der Waals surface area (Å²) in [6, 6.07) is 6.04. The van der Waals surface area contributed by atoms with Crippen LogP contribution in [0.3, 0.4) is 0 Å². The average Bonchev–Trinajstić information content (AvgIpc) is 3.20. The number of carbonyl (C=O) groups is 1. The number of hydrogen-bond acceptors (Lipinski definition) is 7. The number of aromatic amines is 2. The van der Waals surface area contributed by atoms with Crippen molar-refractivity contribution in [3.8, 4) is 0 Å². The van der Waals surface area contributed by atoms with Gasteiger partial charge in [0.25, 0.3) is 5.56 Å². The molecule has 0 aliphatic heterocycles. The number of ether oxygens (including phenoxy) is 1. The summed E-state index contributed by atoms with van der Waals surface area (Å²) in [6.07, 6.45) is 0. The molecule has 0 fully saturated rings. The minimum absolute atomic E-state index is 0.245. The number of fused-ring (bicyclic) bond motifs is 2. The maximum absolute atomic E-state index is 12.5. The summed E-state index contributed by atoms with van der Waals surface area (Å²) in [4.78, 5) is 40.7. The van der Waals surface area contributed by atoms with E-state index in [1.165, 1.54) is 23.1 Å². The quantitative estimate of drug-likeness (QED) is 0.379. The maximum atomic E-state index is 12.5. The lowest BCUT2D eigenvalue weighted by molar-refractivity contribution is 0.0531. The van der Waals surface area contributed by atoms with Gasteiger partial charge in [-0.1, -0.05) is 17.8 Å². The highest BCUT2D eigenvalue weighted by Crippen LogP contribution is 2.29. The minimum Gasteiger partial charge on any atom is -0.462 e. The van der Waals surface area contributed by atoms with Crippen molar-refractivity contribution in [2.75, 3.05) is 6.61 Å². The van der Waals surface area contributed by atoms with Crippen molar-refractivity contribution in [1.29, 1.82) is 0 Å². The fourth-order valence-electron chi connectivity index (χ4n) is 2.95. The zero-order valence-corrected chi connectivity index (χ0v) is 17.2. The van der Waals surface area contributed by atoms with Crippen molar-refractivity contribution in [1.82, 2.24) is 19.9 Å². The number of thioether (sulfide) groups is 1. The van der Waals surface area contributed by atoms with Crippen LogP contribution in [0.15, 0.2) is 28.2 Å². The molecule has 0 saturated carbocycles. The van der Waals surface area contributed by atoms with E-state index in [-0.39, 0.29) is 12.2 Å². The maximum Gasteiger partial charge on any atom is 0.348 e. The van der Waals surface area contributed by atoms with Crippen LogP contribution in [0.2, 0.25) is 0 Å². The number of nitrogens with one attached hydrogen (secondary N) is 2. The molecule has 28 heavy (non-hydrogen) atoms. The minimum atomic E-state index is -0.420. The van der Waals surface area contributed by atoms with Crippen molar-refractivity contribution in [3.63, 3.8) is 0 Å². The number of thiophene rings is 1. The van der Waals surface area contributed by atoms with Gasteiger partial charge in [-0.3, -0.25) is 4.79 Å². The third-order valence-corrected chi connectivity index (χ3v) is 6.32. The number of esters is 1. The van der Waals surface area contributed by atoms with Crippen LogP contribution in [0.4, 0.5) is 0 Å². The average molecular weight is 415 g/mol. The molecule has 7 nitrogen and oxygen atoms in total. The van der Waals surface area contributed by atoms with Crippen molar-refractivity contribution in [2.45, 2.75) is 31.7 Å². The van der Waals surface area contributed by atoms with E-state index in [0.717, 1.165) is 21.8 Å². The van der Waals surface area contributed by atoms with E-state index in [9.17, 15) is 9.59 Å². The second kappa shape index (κ2) is 7.40. The Bertz CT molecular complexity index is 1260. The lowest BCUT2D eigenvalue weighted by Crippen LogP contribution is -2.11. The Morgan fingerprint density at radius 1 is 1.25 bits per heavy atom. The van der Waals surface area contributed by atoms with Gasteiger partial charge in [0.1, 0.15) is 15.5 Å². The molecular weight excluding hydrogens is 396 g/mol. The number of aryl methyl sites for hydroxylation is 2. The molecule has 0 aliphatic rings. The number of imidazole rings is 1. The molecule has 0 radical (unpaired) electrons. The Morgan fingerprint density at radius 3 is 2.86 bits per heavy atom. The Balaban J connectivity index is 1.61. The molecule has 0 aliphatic carbocycles. The molecule has 3 aromatic heterocycles. The summed E-state index contributed by atoms with van der Waals surface area (Å²) in [5, 5.41) is 1.21. The smallest absolute Gasteiger partial charge is 0.348 e. The highest BCUT2D eigenvalue weighted by atomic mass is 32.2. The summed E-state index contributed by atoms with van der Waals surface area (Å²) in [5.74, 6) is 0.571. The number of carbonyl (C=O) groups excluding carboxylic acids is 1. The molecule has 144 valence electrons. The second-order valence-electron chi connectivity index (χ2n) is 6.32. The lowest BCUT2D eigenvalue weighted by Gasteiger charge is -1.99. The van der Waals surface area contributed by atoms with E-state index < -0.39 is 5.97 Å². The first-order chi connectivity index (χ1) is 13.5. The molecule has 9 heteroatoms. The van der Waals surface area contributed by atoms with Crippen LogP contribution in [0.1, 0.15) is 33.5 Å². The Morgan fingerprint density at radius 2 is 2.07 bits per heavy atom. The third kappa shape index (κ3) is 3.43. The molecular formula is C19H18N4O3S2. The molecule has 3 heterocycles. The number of rotatable bonds is 5. The standard InChI is InChI=1S/C19H18N4O3S2/c1-4-26-18(25)15-10(3)14-16(24)22-13(23-17(14)28-15)8-27-19-20-11-6-5-9(2)7-12(11)21-19/h5-7H,4,8H2,1-3H3,(H,20,21)(H,22,23,24). The van der Waals surface area contributed by atoms with Crippen molar-refractivity contribution in [2.24, 2.45) is 0 Å². The molecule has 0 atom stereocenters. The van der Waals surface area contributed by atoms with Crippen LogP contribution in [-0.2, 0) is 10.5 Å². The monoisotopic (exact) mass is 414 g/mol. The lowest BCUT2D eigenvalue weighted by atomic mass is 10.2. The van der Waals surface area contributed by atoms with E-state index in [0.29, 0.717) is 32.2 Å².